The van der Waals surface area contributed by atoms with Crippen molar-refractivity contribution in [2.45, 2.75) is 19.3 Å². The van der Waals surface area contributed by atoms with Gasteiger partial charge in [-0.05, 0) is 75.2 Å². The van der Waals surface area contributed by atoms with Gasteiger partial charge in [0.15, 0.2) is 0 Å². The van der Waals surface area contributed by atoms with Crippen LogP contribution < -0.4 is 4.90 Å². The summed E-state index contributed by atoms with van der Waals surface area (Å²) >= 11 is 0. The highest BCUT2D eigenvalue weighted by atomic mass is 16.3. The van der Waals surface area contributed by atoms with Gasteiger partial charge in [0.05, 0.1) is 5.69 Å². The van der Waals surface area contributed by atoms with Crippen LogP contribution >= 0.6 is 0 Å². The number of fused-ring (bicyclic) bond motifs is 8. The second-order valence-corrected chi connectivity index (χ2v) is 14.1. The molecule has 0 saturated carbocycles. The molecule has 1 heterocycles. The maximum absolute atomic E-state index is 6.87. The van der Waals surface area contributed by atoms with Crippen LogP contribution in [0.5, 0.6) is 0 Å². The molecule has 2 nitrogen and oxygen atoms in total. The Morgan fingerprint density at radius 2 is 1.04 bits per heavy atom. The lowest BCUT2D eigenvalue weighted by molar-refractivity contribution is 0.660. The van der Waals surface area contributed by atoms with Gasteiger partial charge in [-0.1, -0.05) is 153 Å². The number of furan rings is 1. The summed E-state index contributed by atoms with van der Waals surface area (Å²) in [6.45, 7) is 4.70. The zero-order valence-electron chi connectivity index (χ0n) is 28.6. The third-order valence-electron chi connectivity index (χ3n) is 10.9. The third kappa shape index (κ3) is 4.57. The molecule has 0 atom stereocenters. The molecule has 0 unspecified atom stereocenters. The van der Waals surface area contributed by atoms with Gasteiger partial charge in [-0.15, -0.1) is 0 Å². The first-order valence-corrected chi connectivity index (χ1v) is 17.7. The Morgan fingerprint density at radius 3 is 1.90 bits per heavy atom. The fraction of sp³-hybridized carbons (Fsp3) is 0.0612. The van der Waals surface area contributed by atoms with Crippen molar-refractivity contribution in [1.82, 2.24) is 0 Å². The van der Waals surface area contributed by atoms with Crippen molar-refractivity contribution in [3.63, 3.8) is 0 Å². The first-order valence-electron chi connectivity index (χ1n) is 17.7. The molecule has 1 aliphatic rings. The summed E-state index contributed by atoms with van der Waals surface area (Å²) in [4.78, 5) is 2.42. The van der Waals surface area contributed by atoms with Crippen LogP contribution in [0.15, 0.2) is 180 Å². The summed E-state index contributed by atoms with van der Waals surface area (Å²) in [5, 5.41) is 4.57. The second kappa shape index (κ2) is 11.3. The number of rotatable bonds is 5. The van der Waals surface area contributed by atoms with Gasteiger partial charge in [-0.3, -0.25) is 0 Å². The smallest absolute Gasteiger partial charge is 0.143 e. The predicted octanol–water partition coefficient (Wildman–Crippen LogP) is 13.8. The van der Waals surface area contributed by atoms with Crippen LogP contribution in [0.2, 0.25) is 0 Å². The molecule has 1 aliphatic carbocycles. The van der Waals surface area contributed by atoms with Crippen LogP contribution in [0.3, 0.4) is 0 Å². The highest BCUT2D eigenvalue weighted by molar-refractivity contribution is 6.17. The summed E-state index contributed by atoms with van der Waals surface area (Å²) in [5.41, 5.74) is 15.0. The van der Waals surface area contributed by atoms with E-state index in [2.05, 4.69) is 195 Å². The Labute approximate surface area is 297 Å². The zero-order chi connectivity index (χ0) is 34.1. The Hall–Kier alpha value is -6.38. The molecule has 2 heteroatoms. The van der Waals surface area contributed by atoms with Crippen molar-refractivity contribution >= 4 is 49.8 Å². The van der Waals surface area contributed by atoms with E-state index in [4.69, 9.17) is 4.42 Å². The van der Waals surface area contributed by atoms with E-state index in [1.165, 1.54) is 38.8 Å². The average Bonchev–Trinajstić information content (AvgIpc) is 3.68. The zero-order valence-corrected chi connectivity index (χ0v) is 28.6. The fourth-order valence-corrected chi connectivity index (χ4v) is 8.33. The quantitative estimate of drug-likeness (QED) is 0.184. The molecule has 0 aliphatic heterocycles. The summed E-state index contributed by atoms with van der Waals surface area (Å²) in [5.74, 6) is 0. The molecule has 9 aromatic rings. The van der Waals surface area contributed by atoms with E-state index in [0.29, 0.717) is 0 Å². The van der Waals surface area contributed by atoms with Gasteiger partial charge in [0.2, 0.25) is 0 Å². The van der Waals surface area contributed by atoms with Gasteiger partial charge < -0.3 is 9.32 Å². The maximum atomic E-state index is 6.87. The van der Waals surface area contributed by atoms with Crippen molar-refractivity contribution in [2.75, 3.05) is 4.90 Å². The first kappa shape index (κ1) is 29.5. The van der Waals surface area contributed by atoms with Crippen LogP contribution in [0.4, 0.5) is 17.1 Å². The first-order chi connectivity index (χ1) is 25.1. The maximum Gasteiger partial charge on any atom is 0.143 e. The molecule has 0 radical (unpaired) electrons. The molecule has 10 rings (SSSR count). The Bertz CT molecular complexity index is 2770. The largest absolute Gasteiger partial charge is 0.455 e. The number of hydrogen-bond acceptors (Lipinski definition) is 2. The molecule has 51 heavy (non-hydrogen) atoms. The standard InChI is InChI=1S/C49H35NO/c1-49(2)44-21-10-8-17-38(44)39-30-28-36(31-45(39)49)50(35-26-23-33(24-27-35)32-13-4-3-5-14-32)46-22-11-9-18-40(46)41-19-12-20-42-43-29-25-34-15-6-7-16-37(34)47(43)51-48(41)42/h3-31H,1-2H3. The van der Waals surface area contributed by atoms with Gasteiger partial charge in [-0.2, -0.15) is 0 Å². The molecule has 0 bridgehead atoms. The number of anilines is 3. The minimum absolute atomic E-state index is 0.118. The topological polar surface area (TPSA) is 16.4 Å². The average molecular weight is 654 g/mol. The van der Waals surface area contributed by atoms with E-state index in [0.717, 1.165) is 55.5 Å². The molecule has 0 fully saturated rings. The molecular formula is C49H35NO. The highest BCUT2D eigenvalue weighted by Gasteiger charge is 2.36. The van der Waals surface area contributed by atoms with Gasteiger partial charge in [0.1, 0.15) is 11.2 Å². The van der Waals surface area contributed by atoms with Crippen LogP contribution in [0.25, 0.3) is 66.1 Å². The van der Waals surface area contributed by atoms with Gasteiger partial charge in [-0.25, -0.2) is 0 Å². The van der Waals surface area contributed by atoms with Crippen LogP contribution in [-0.2, 0) is 5.41 Å². The van der Waals surface area contributed by atoms with Crippen molar-refractivity contribution < 1.29 is 4.42 Å². The minimum atomic E-state index is -0.118. The van der Waals surface area contributed by atoms with E-state index in [-0.39, 0.29) is 5.41 Å². The van der Waals surface area contributed by atoms with E-state index in [1.54, 1.807) is 0 Å². The summed E-state index contributed by atoms with van der Waals surface area (Å²) in [6, 6.07) is 63.6. The lowest BCUT2D eigenvalue weighted by Gasteiger charge is -2.30. The normalized spacial score (nSPS) is 13.1. The van der Waals surface area contributed by atoms with E-state index in [1.807, 2.05) is 0 Å². The van der Waals surface area contributed by atoms with Gasteiger partial charge >= 0.3 is 0 Å². The Kier molecular flexibility index (Phi) is 6.56. The van der Waals surface area contributed by atoms with Crippen LogP contribution in [0, 0.1) is 0 Å². The Morgan fingerprint density at radius 1 is 0.412 bits per heavy atom. The number of para-hydroxylation sites is 2. The molecular weight excluding hydrogens is 619 g/mol. The molecule has 1 aromatic heterocycles. The van der Waals surface area contributed by atoms with Crippen LogP contribution in [-0.4, -0.2) is 0 Å². The summed E-state index contributed by atoms with van der Waals surface area (Å²) in [7, 11) is 0. The van der Waals surface area contributed by atoms with Crippen LogP contribution in [0.1, 0.15) is 25.0 Å². The Balaban J connectivity index is 1.19. The molecule has 0 amide bonds. The predicted molar refractivity (Wildman–Crippen MR) is 214 cm³/mol. The fourth-order valence-electron chi connectivity index (χ4n) is 8.33. The van der Waals surface area contributed by atoms with Gasteiger partial charge in [0, 0.05) is 44.1 Å². The van der Waals surface area contributed by atoms with Crippen molar-refractivity contribution in [2.24, 2.45) is 0 Å². The molecule has 8 aromatic carbocycles. The second-order valence-electron chi connectivity index (χ2n) is 14.1. The monoisotopic (exact) mass is 653 g/mol. The van der Waals surface area contributed by atoms with Crippen molar-refractivity contribution in [3.8, 4) is 33.4 Å². The third-order valence-corrected chi connectivity index (χ3v) is 10.9. The number of nitrogens with zero attached hydrogens (tertiary/aromatic N) is 1. The summed E-state index contributed by atoms with van der Waals surface area (Å²) < 4.78 is 6.87. The van der Waals surface area contributed by atoms with E-state index >= 15 is 0 Å². The minimum Gasteiger partial charge on any atom is -0.455 e. The van der Waals surface area contributed by atoms with Crippen molar-refractivity contribution in [3.05, 3.63) is 187 Å². The van der Waals surface area contributed by atoms with E-state index < -0.39 is 0 Å². The highest BCUT2D eigenvalue weighted by Crippen LogP contribution is 2.51. The molecule has 242 valence electrons. The van der Waals surface area contributed by atoms with Gasteiger partial charge in [0.25, 0.3) is 0 Å². The lowest BCUT2D eigenvalue weighted by Crippen LogP contribution is -2.16. The summed E-state index contributed by atoms with van der Waals surface area (Å²) in [6.07, 6.45) is 0. The number of benzene rings is 8. The molecule has 0 spiro atoms. The lowest BCUT2D eigenvalue weighted by atomic mass is 9.82. The number of hydrogen-bond donors (Lipinski definition) is 0. The van der Waals surface area contributed by atoms with E-state index in [9.17, 15) is 0 Å². The van der Waals surface area contributed by atoms with Crippen molar-refractivity contribution in [1.29, 1.82) is 0 Å². The SMILES string of the molecule is CC1(C)c2ccccc2-c2ccc(N(c3ccc(-c4ccccc4)cc3)c3ccccc3-c3cccc4c3oc3c5ccccc5ccc43)cc21. The molecule has 0 saturated heterocycles. The molecule has 0 N–H and O–H groups in total.